The van der Waals surface area contributed by atoms with E-state index in [0.717, 1.165) is 11.3 Å². The zero-order valence-electron chi connectivity index (χ0n) is 14.6. The quantitative estimate of drug-likeness (QED) is 0.534. The minimum absolute atomic E-state index is 0.0338. The summed E-state index contributed by atoms with van der Waals surface area (Å²) in [6.07, 6.45) is 1.46. The summed E-state index contributed by atoms with van der Waals surface area (Å²) in [5, 5.41) is 16.8. The van der Waals surface area contributed by atoms with Crippen LogP contribution in [0.1, 0.15) is 25.0 Å². The molecule has 1 unspecified atom stereocenters. The maximum atomic E-state index is 12.1. The van der Waals surface area contributed by atoms with Crippen LogP contribution in [0.15, 0.2) is 47.6 Å². The molecule has 6 nitrogen and oxygen atoms in total. The molecule has 0 saturated carbocycles. The van der Waals surface area contributed by atoms with Crippen molar-refractivity contribution in [2.75, 3.05) is 11.9 Å². The molecular formula is C19H23N3O3. The van der Waals surface area contributed by atoms with Crippen LogP contribution in [0.25, 0.3) is 0 Å². The summed E-state index contributed by atoms with van der Waals surface area (Å²) in [4.78, 5) is 12.1. The fraction of sp³-hybridized carbons (Fsp3) is 0.263. The van der Waals surface area contributed by atoms with Crippen molar-refractivity contribution in [2.24, 2.45) is 5.10 Å². The monoisotopic (exact) mass is 341 g/mol. The molecule has 2 aromatic rings. The van der Waals surface area contributed by atoms with E-state index in [0.29, 0.717) is 17.9 Å². The van der Waals surface area contributed by atoms with Crippen LogP contribution in [-0.2, 0) is 4.79 Å². The summed E-state index contributed by atoms with van der Waals surface area (Å²) in [6.45, 7) is 6.08. The van der Waals surface area contributed by atoms with Crippen molar-refractivity contribution in [3.63, 3.8) is 0 Å². The first-order valence-corrected chi connectivity index (χ1v) is 8.11. The van der Waals surface area contributed by atoms with Crippen molar-refractivity contribution in [3.8, 4) is 11.5 Å². The first-order chi connectivity index (χ1) is 12.0. The van der Waals surface area contributed by atoms with Crippen molar-refractivity contribution in [1.82, 2.24) is 5.43 Å². The minimum atomic E-state index is -0.436. The molecule has 0 aliphatic carbocycles. The smallest absolute Gasteiger partial charge is 0.262 e. The van der Waals surface area contributed by atoms with E-state index in [4.69, 9.17) is 4.74 Å². The van der Waals surface area contributed by atoms with Gasteiger partial charge in [-0.25, -0.2) is 5.43 Å². The number of hydrogen-bond acceptors (Lipinski definition) is 5. The van der Waals surface area contributed by atoms with Crippen molar-refractivity contribution >= 4 is 17.8 Å². The second-order valence-electron chi connectivity index (χ2n) is 5.63. The van der Waals surface area contributed by atoms with Gasteiger partial charge in [0, 0.05) is 5.69 Å². The van der Waals surface area contributed by atoms with Crippen LogP contribution in [0.2, 0.25) is 0 Å². The predicted octanol–water partition coefficient (Wildman–Crippen LogP) is 3.05. The Morgan fingerprint density at radius 3 is 2.64 bits per heavy atom. The number of nitrogens with zero attached hydrogens (tertiary/aromatic N) is 1. The molecule has 6 heteroatoms. The van der Waals surface area contributed by atoms with Gasteiger partial charge in [-0.05, 0) is 56.7 Å². The number of phenolic OH excluding ortho intramolecular Hbond substituents is 1. The highest BCUT2D eigenvalue weighted by Gasteiger charge is 2.11. The van der Waals surface area contributed by atoms with Crippen LogP contribution in [-0.4, -0.2) is 29.9 Å². The van der Waals surface area contributed by atoms with Gasteiger partial charge < -0.3 is 15.2 Å². The number of carbonyl (C=O) groups excluding carboxylic acids is 1. The standard InChI is InChI=1S/C19H23N3O3/c1-4-25-18-10-7-15(11-17(18)23)12-20-22-19(24)14(3)21-16-8-5-13(2)6-9-16/h5-12,14,21,23H,4H2,1-3H3,(H,22,24). The third-order valence-electron chi connectivity index (χ3n) is 3.50. The highest BCUT2D eigenvalue weighted by Crippen LogP contribution is 2.26. The topological polar surface area (TPSA) is 83.0 Å². The Morgan fingerprint density at radius 1 is 1.28 bits per heavy atom. The van der Waals surface area contributed by atoms with E-state index in [-0.39, 0.29) is 11.7 Å². The molecule has 0 aromatic heterocycles. The molecule has 2 aromatic carbocycles. The Kier molecular flexibility index (Phi) is 6.39. The number of hydrazone groups is 1. The molecule has 2 rings (SSSR count). The number of anilines is 1. The van der Waals surface area contributed by atoms with Crippen LogP contribution < -0.4 is 15.5 Å². The minimum Gasteiger partial charge on any atom is -0.504 e. The molecule has 0 saturated heterocycles. The van der Waals surface area contributed by atoms with Gasteiger partial charge >= 0.3 is 0 Å². The largest absolute Gasteiger partial charge is 0.504 e. The van der Waals surface area contributed by atoms with Gasteiger partial charge in [-0.1, -0.05) is 17.7 Å². The number of nitrogens with one attached hydrogen (secondary N) is 2. The van der Waals surface area contributed by atoms with Crippen molar-refractivity contribution in [2.45, 2.75) is 26.8 Å². The number of amides is 1. The van der Waals surface area contributed by atoms with E-state index < -0.39 is 6.04 Å². The fourth-order valence-electron chi connectivity index (χ4n) is 2.12. The number of rotatable bonds is 7. The van der Waals surface area contributed by atoms with E-state index in [2.05, 4.69) is 15.8 Å². The lowest BCUT2D eigenvalue weighted by atomic mass is 10.2. The van der Waals surface area contributed by atoms with E-state index >= 15 is 0 Å². The van der Waals surface area contributed by atoms with Crippen LogP contribution in [0, 0.1) is 6.92 Å². The molecule has 0 heterocycles. The second-order valence-corrected chi connectivity index (χ2v) is 5.63. The van der Waals surface area contributed by atoms with Crippen LogP contribution in [0.3, 0.4) is 0 Å². The van der Waals surface area contributed by atoms with Gasteiger partial charge in [-0.15, -0.1) is 0 Å². The van der Waals surface area contributed by atoms with Gasteiger partial charge in [-0.3, -0.25) is 4.79 Å². The third kappa shape index (κ3) is 5.53. The summed E-state index contributed by atoms with van der Waals surface area (Å²) < 4.78 is 5.26. The molecule has 0 fully saturated rings. The Balaban J connectivity index is 1.89. The van der Waals surface area contributed by atoms with Crippen LogP contribution in [0.5, 0.6) is 11.5 Å². The van der Waals surface area contributed by atoms with Gasteiger partial charge in [0.05, 0.1) is 12.8 Å². The Hall–Kier alpha value is -3.02. The van der Waals surface area contributed by atoms with Crippen LogP contribution >= 0.6 is 0 Å². The molecule has 0 aliphatic rings. The summed E-state index contributed by atoms with van der Waals surface area (Å²) in [5.74, 6) is 0.193. The third-order valence-corrected chi connectivity index (χ3v) is 3.50. The molecule has 1 amide bonds. The SMILES string of the molecule is CCOc1ccc(C=NNC(=O)C(C)Nc2ccc(C)cc2)cc1O. The Labute approximate surface area is 147 Å². The second kappa shape index (κ2) is 8.73. The maximum absolute atomic E-state index is 12.1. The number of benzene rings is 2. The molecule has 0 spiro atoms. The number of aryl methyl sites for hydroxylation is 1. The first kappa shape index (κ1) is 18.3. The maximum Gasteiger partial charge on any atom is 0.262 e. The lowest BCUT2D eigenvalue weighted by molar-refractivity contribution is -0.121. The Morgan fingerprint density at radius 2 is 2.00 bits per heavy atom. The lowest BCUT2D eigenvalue weighted by Crippen LogP contribution is -2.34. The fourth-order valence-corrected chi connectivity index (χ4v) is 2.12. The lowest BCUT2D eigenvalue weighted by Gasteiger charge is -2.13. The molecular weight excluding hydrogens is 318 g/mol. The van der Waals surface area contributed by atoms with Gasteiger partial charge in [0.15, 0.2) is 11.5 Å². The average molecular weight is 341 g/mol. The van der Waals surface area contributed by atoms with E-state index in [1.807, 2.05) is 38.1 Å². The summed E-state index contributed by atoms with van der Waals surface area (Å²) in [7, 11) is 0. The normalized spacial score (nSPS) is 12.0. The highest BCUT2D eigenvalue weighted by molar-refractivity contribution is 5.86. The zero-order chi connectivity index (χ0) is 18.2. The van der Waals surface area contributed by atoms with Crippen LogP contribution in [0.4, 0.5) is 5.69 Å². The van der Waals surface area contributed by atoms with Gasteiger partial charge in [0.25, 0.3) is 5.91 Å². The number of ether oxygens (including phenoxy) is 1. The number of carbonyl (C=O) groups is 1. The molecule has 0 radical (unpaired) electrons. The van der Waals surface area contributed by atoms with Crippen molar-refractivity contribution in [1.29, 1.82) is 0 Å². The molecule has 0 aliphatic heterocycles. The number of phenols is 1. The van der Waals surface area contributed by atoms with Gasteiger partial charge in [-0.2, -0.15) is 5.10 Å². The first-order valence-electron chi connectivity index (χ1n) is 8.11. The molecule has 25 heavy (non-hydrogen) atoms. The molecule has 3 N–H and O–H groups in total. The van der Waals surface area contributed by atoms with Crippen molar-refractivity contribution in [3.05, 3.63) is 53.6 Å². The average Bonchev–Trinajstić information content (AvgIpc) is 2.59. The highest BCUT2D eigenvalue weighted by atomic mass is 16.5. The molecule has 0 bridgehead atoms. The van der Waals surface area contributed by atoms with Gasteiger partial charge in [0.2, 0.25) is 0 Å². The summed E-state index contributed by atoms with van der Waals surface area (Å²) >= 11 is 0. The number of hydrogen-bond donors (Lipinski definition) is 3. The van der Waals surface area contributed by atoms with E-state index in [1.54, 1.807) is 19.1 Å². The van der Waals surface area contributed by atoms with E-state index in [1.165, 1.54) is 12.3 Å². The van der Waals surface area contributed by atoms with Gasteiger partial charge in [0.1, 0.15) is 6.04 Å². The summed E-state index contributed by atoms with van der Waals surface area (Å²) in [6, 6.07) is 12.3. The Bertz CT molecular complexity index is 742. The zero-order valence-corrected chi connectivity index (χ0v) is 14.6. The summed E-state index contributed by atoms with van der Waals surface area (Å²) in [5.41, 5.74) is 5.16. The molecule has 132 valence electrons. The van der Waals surface area contributed by atoms with E-state index in [9.17, 15) is 9.90 Å². The molecule has 1 atom stereocenters. The van der Waals surface area contributed by atoms with Crippen molar-refractivity contribution < 1.29 is 14.6 Å². The number of aromatic hydroxyl groups is 1. The predicted molar refractivity (Wildman–Crippen MR) is 99.3 cm³/mol.